The zero-order valence-corrected chi connectivity index (χ0v) is 27.1. The van der Waals surface area contributed by atoms with Crippen LogP contribution in [0.1, 0.15) is 62.0 Å². The molecule has 16 heteroatoms. The van der Waals surface area contributed by atoms with Gasteiger partial charge in [0.1, 0.15) is 11.9 Å². The molecule has 10 nitrogen and oxygen atoms in total. The van der Waals surface area contributed by atoms with E-state index in [1.54, 1.807) is 28.6 Å². The molecule has 2 aliphatic heterocycles. The van der Waals surface area contributed by atoms with Crippen molar-refractivity contribution in [1.82, 2.24) is 19.9 Å². The maximum Gasteiger partial charge on any atom is 0.405 e. The lowest BCUT2D eigenvalue weighted by atomic mass is 9.70. The van der Waals surface area contributed by atoms with Gasteiger partial charge in [0.15, 0.2) is 0 Å². The molecule has 0 spiro atoms. The van der Waals surface area contributed by atoms with Crippen molar-refractivity contribution in [1.29, 1.82) is 0 Å². The number of alkyl halides is 3. The van der Waals surface area contributed by atoms with Gasteiger partial charge in [0.25, 0.3) is 0 Å². The van der Waals surface area contributed by atoms with Gasteiger partial charge in [-0.2, -0.15) is 13.2 Å². The van der Waals surface area contributed by atoms with Gasteiger partial charge < -0.3 is 21.1 Å². The number of nitrogens with one attached hydrogen (secondary N) is 3. The lowest BCUT2D eigenvalue weighted by Crippen LogP contribution is -2.55. The number of hydrogen-bond acceptors (Lipinski definition) is 7. The summed E-state index contributed by atoms with van der Waals surface area (Å²) in [5, 5.41) is 18.5. The highest BCUT2D eigenvalue weighted by molar-refractivity contribution is 8.22. The van der Waals surface area contributed by atoms with E-state index in [1.165, 1.54) is 6.20 Å². The molecule has 5 rings (SSSR count). The summed E-state index contributed by atoms with van der Waals surface area (Å²) in [5.74, 6) is -4.06. The summed E-state index contributed by atoms with van der Waals surface area (Å²) >= 11 is 6.09. The van der Waals surface area contributed by atoms with Crippen LogP contribution in [-0.2, 0) is 11.2 Å². The van der Waals surface area contributed by atoms with Crippen LogP contribution < -0.4 is 16.0 Å². The molecule has 1 aromatic heterocycles. The van der Waals surface area contributed by atoms with E-state index in [2.05, 4.69) is 20.9 Å². The zero-order valence-electron chi connectivity index (χ0n) is 25.6. The first-order valence-electron chi connectivity index (χ1n) is 15.7. The van der Waals surface area contributed by atoms with Gasteiger partial charge in [0, 0.05) is 41.7 Å². The van der Waals surface area contributed by atoms with Crippen molar-refractivity contribution in [3.05, 3.63) is 58.6 Å². The molecular formula is C31H40ClF4N5O5S. The van der Waals surface area contributed by atoms with Crippen LogP contribution >= 0.6 is 22.4 Å². The quantitative estimate of drug-likeness (QED) is 0.159. The SMILES string of the molecule is O=C(O)N[C@H](C(=O)Nc1cncc(F)c1CC[C@H]1CN[C@@H]2CCCS(O)(O)N1C2)[C@@H](c1ccc(Cl)cc1)C1CCC(C(F)(F)F)CC1. The smallest absolute Gasteiger partial charge is 0.405 e. The number of pyridine rings is 1. The summed E-state index contributed by atoms with van der Waals surface area (Å²) in [5.41, 5.74) is 0.660. The van der Waals surface area contributed by atoms with Gasteiger partial charge in [-0.15, -0.1) is 10.8 Å². The monoisotopic (exact) mass is 705 g/mol. The van der Waals surface area contributed by atoms with Crippen molar-refractivity contribution < 1.29 is 41.4 Å². The number of anilines is 1. The summed E-state index contributed by atoms with van der Waals surface area (Å²) in [6.45, 7) is 0.924. The van der Waals surface area contributed by atoms with Gasteiger partial charge in [0.05, 0.1) is 29.8 Å². The Morgan fingerprint density at radius 3 is 2.47 bits per heavy atom. The lowest BCUT2D eigenvalue weighted by Gasteiger charge is -2.49. The maximum atomic E-state index is 15.3. The molecule has 2 saturated heterocycles. The van der Waals surface area contributed by atoms with Crippen LogP contribution in [0.15, 0.2) is 36.7 Å². The third-order valence-corrected chi connectivity index (χ3v) is 12.0. The van der Waals surface area contributed by atoms with E-state index in [0.717, 1.165) is 12.6 Å². The molecule has 260 valence electrons. The Kier molecular flexibility index (Phi) is 11.2. The molecular weight excluding hydrogens is 666 g/mol. The average molecular weight is 706 g/mol. The second-order valence-electron chi connectivity index (χ2n) is 12.7. The predicted octanol–water partition coefficient (Wildman–Crippen LogP) is 6.64. The minimum atomic E-state index is -4.35. The fraction of sp³-hybridized carbons (Fsp3) is 0.581. The van der Waals surface area contributed by atoms with Crippen molar-refractivity contribution in [2.45, 2.75) is 81.6 Å². The number of benzene rings is 1. The van der Waals surface area contributed by atoms with Crippen LogP contribution in [0.25, 0.3) is 0 Å². The number of piperazine rings is 1. The number of carbonyl (C=O) groups excluding carboxylic acids is 1. The van der Waals surface area contributed by atoms with Crippen molar-refractivity contribution in [2.75, 3.05) is 24.2 Å². The van der Waals surface area contributed by atoms with Crippen molar-refractivity contribution >= 4 is 40.1 Å². The second kappa shape index (κ2) is 14.8. The number of fused-ring (bicyclic) bond motifs is 2. The van der Waals surface area contributed by atoms with Crippen LogP contribution in [0.2, 0.25) is 5.02 Å². The Hall–Kier alpha value is -2.69. The minimum absolute atomic E-state index is 0.0203. The summed E-state index contributed by atoms with van der Waals surface area (Å²) in [7, 11) is -2.99. The molecule has 2 amide bonds. The van der Waals surface area contributed by atoms with E-state index in [-0.39, 0.29) is 61.2 Å². The normalized spacial score (nSPS) is 27.9. The average Bonchev–Trinajstić information content (AvgIpc) is 3.12. The molecule has 1 saturated carbocycles. The van der Waals surface area contributed by atoms with Crippen molar-refractivity contribution in [2.24, 2.45) is 11.8 Å². The Balaban J connectivity index is 1.39. The first-order chi connectivity index (χ1) is 22.2. The summed E-state index contributed by atoms with van der Waals surface area (Å²) in [6, 6.07) is 4.75. The third-order valence-electron chi connectivity index (χ3n) is 9.70. The van der Waals surface area contributed by atoms with Crippen LogP contribution in [0.4, 0.5) is 28.0 Å². The third kappa shape index (κ3) is 8.67. The first kappa shape index (κ1) is 35.6. The molecule has 47 heavy (non-hydrogen) atoms. The lowest BCUT2D eigenvalue weighted by molar-refractivity contribution is -0.184. The van der Waals surface area contributed by atoms with E-state index in [0.29, 0.717) is 36.5 Å². The topological polar surface area (TPSA) is 147 Å². The van der Waals surface area contributed by atoms with Crippen LogP contribution in [0.5, 0.6) is 0 Å². The number of amides is 2. The molecule has 2 bridgehead atoms. The molecule has 0 radical (unpaired) electrons. The summed E-state index contributed by atoms with van der Waals surface area (Å²) in [6.07, 6.45) is -1.77. The molecule has 1 aliphatic carbocycles. The van der Waals surface area contributed by atoms with E-state index < -0.39 is 58.6 Å². The van der Waals surface area contributed by atoms with E-state index in [9.17, 15) is 37.0 Å². The standard InChI is InChI=1S/C31H40ClF4N5O5S/c32-21-9-5-19(6-10-21)27(18-3-7-20(8-4-18)31(34,35)36)28(40-30(43)44)29(42)39-26-16-37-15-25(33)24(26)12-11-23-14-38-22-2-1-13-47(45,46)41(23)17-22/h5-6,9-10,15-16,18,20,22-23,27-28,38,40,45-46H,1-4,7-8,11-14,17H2,(H,39,42)(H,43,44)/t18?,20?,22-,23+,27-,28+/m1/s1. The highest BCUT2D eigenvalue weighted by Gasteiger charge is 2.45. The van der Waals surface area contributed by atoms with Gasteiger partial charge >= 0.3 is 12.3 Å². The number of rotatable bonds is 9. The Bertz CT molecular complexity index is 1410. The molecule has 5 atom stereocenters. The Morgan fingerprint density at radius 1 is 1.11 bits per heavy atom. The zero-order chi connectivity index (χ0) is 33.9. The number of aromatic nitrogens is 1. The molecule has 3 heterocycles. The highest BCUT2D eigenvalue weighted by Crippen LogP contribution is 2.49. The maximum absolute atomic E-state index is 15.3. The fourth-order valence-electron chi connectivity index (χ4n) is 7.30. The highest BCUT2D eigenvalue weighted by atomic mass is 35.5. The first-order valence-corrected chi connectivity index (χ1v) is 17.8. The Morgan fingerprint density at radius 2 is 1.81 bits per heavy atom. The number of carbonyl (C=O) groups is 2. The van der Waals surface area contributed by atoms with E-state index in [4.69, 9.17) is 11.6 Å². The number of hydrogen-bond donors (Lipinski definition) is 6. The molecule has 1 unspecified atom stereocenters. The van der Waals surface area contributed by atoms with E-state index in [1.807, 2.05) is 0 Å². The molecule has 3 fully saturated rings. The largest absolute Gasteiger partial charge is 0.465 e. The van der Waals surface area contributed by atoms with E-state index >= 15 is 4.39 Å². The summed E-state index contributed by atoms with van der Waals surface area (Å²) in [4.78, 5) is 29.8. The molecule has 1 aromatic carbocycles. The van der Waals surface area contributed by atoms with Crippen molar-refractivity contribution in [3.63, 3.8) is 0 Å². The number of carboxylic acid groups (broad SMARTS) is 1. The van der Waals surface area contributed by atoms with Crippen LogP contribution in [0.3, 0.4) is 0 Å². The van der Waals surface area contributed by atoms with Gasteiger partial charge in [-0.1, -0.05) is 23.7 Å². The molecule has 6 N–H and O–H groups in total. The second-order valence-corrected chi connectivity index (χ2v) is 15.2. The number of halogens is 5. The van der Waals surface area contributed by atoms with Crippen LogP contribution in [0, 0.1) is 17.7 Å². The van der Waals surface area contributed by atoms with Crippen LogP contribution in [-0.4, -0.2) is 78.6 Å². The fourth-order valence-corrected chi connectivity index (χ4v) is 9.29. The number of nitrogens with zero attached hydrogens (tertiary/aromatic N) is 2. The van der Waals surface area contributed by atoms with Gasteiger partial charge in [-0.3, -0.25) is 18.9 Å². The minimum Gasteiger partial charge on any atom is -0.465 e. The predicted molar refractivity (Wildman–Crippen MR) is 171 cm³/mol. The molecule has 2 aromatic rings. The Labute approximate surface area is 277 Å². The van der Waals surface area contributed by atoms with Gasteiger partial charge in [0.2, 0.25) is 5.91 Å². The van der Waals surface area contributed by atoms with Gasteiger partial charge in [-0.25, -0.2) is 13.5 Å². The van der Waals surface area contributed by atoms with Gasteiger partial charge in [-0.05, 0) is 75.0 Å². The summed E-state index contributed by atoms with van der Waals surface area (Å²) < 4.78 is 79.0. The van der Waals surface area contributed by atoms with Crippen molar-refractivity contribution in [3.8, 4) is 0 Å². The molecule has 3 aliphatic rings.